The summed E-state index contributed by atoms with van der Waals surface area (Å²) in [5, 5.41) is 3.50. The molecule has 1 aromatic heterocycles. The van der Waals surface area contributed by atoms with Crippen LogP contribution < -0.4 is 5.32 Å². The molecule has 1 aliphatic rings. The number of para-hydroxylation sites is 1. The van der Waals surface area contributed by atoms with Crippen molar-refractivity contribution in [2.24, 2.45) is 0 Å². The zero-order valence-electron chi connectivity index (χ0n) is 14.0. The van der Waals surface area contributed by atoms with Crippen LogP contribution in [0.4, 0.5) is 5.69 Å². The highest BCUT2D eigenvalue weighted by Gasteiger charge is 2.32. The first-order valence-corrected chi connectivity index (χ1v) is 8.34. The number of fused-ring (bicyclic) bond motifs is 1. The second kappa shape index (κ2) is 6.40. The lowest BCUT2D eigenvalue weighted by atomic mass is 10.0. The number of nitrogens with zero attached hydrogens (tertiary/aromatic N) is 2. The Labute approximate surface area is 147 Å². The summed E-state index contributed by atoms with van der Waals surface area (Å²) in [5.74, 6) is 0.0386. The van der Waals surface area contributed by atoms with E-state index in [-0.39, 0.29) is 12.1 Å². The Morgan fingerprint density at radius 1 is 1.00 bits per heavy atom. The normalized spacial score (nSPS) is 16.3. The summed E-state index contributed by atoms with van der Waals surface area (Å²) in [6.45, 7) is 2.61. The molecule has 0 unspecified atom stereocenters. The molecule has 0 spiro atoms. The van der Waals surface area contributed by atoms with Gasteiger partial charge in [0.05, 0.1) is 5.56 Å². The molecule has 4 heteroatoms. The molecule has 3 aromatic rings. The molecule has 1 aliphatic heterocycles. The summed E-state index contributed by atoms with van der Waals surface area (Å²) in [5.41, 5.74) is 4.92. The van der Waals surface area contributed by atoms with Crippen molar-refractivity contribution in [3.8, 4) is 0 Å². The van der Waals surface area contributed by atoms with Crippen LogP contribution in [0.15, 0.2) is 73.1 Å². The highest BCUT2D eigenvalue weighted by Crippen LogP contribution is 2.33. The van der Waals surface area contributed by atoms with E-state index in [0.717, 1.165) is 16.8 Å². The van der Waals surface area contributed by atoms with E-state index in [1.807, 2.05) is 41.3 Å². The zero-order valence-corrected chi connectivity index (χ0v) is 14.0. The molecule has 0 saturated heterocycles. The number of aromatic nitrogens is 1. The fourth-order valence-corrected chi connectivity index (χ4v) is 3.15. The monoisotopic (exact) mass is 329 g/mol. The first-order valence-electron chi connectivity index (χ1n) is 8.34. The second-order valence-electron chi connectivity index (χ2n) is 6.29. The summed E-state index contributed by atoms with van der Waals surface area (Å²) in [7, 11) is 0. The van der Waals surface area contributed by atoms with E-state index in [9.17, 15) is 4.79 Å². The third-order valence-corrected chi connectivity index (χ3v) is 4.52. The number of benzene rings is 2. The van der Waals surface area contributed by atoms with Gasteiger partial charge in [-0.1, -0.05) is 42.0 Å². The molecule has 1 amide bonds. The van der Waals surface area contributed by atoms with Crippen molar-refractivity contribution in [1.29, 1.82) is 0 Å². The van der Waals surface area contributed by atoms with Crippen molar-refractivity contribution >= 4 is 11.6 Å². The van der Waals surface area contributed by atoms with Gasteiger partial charge < -0.3 is 10.2 Å². The number of carbonyl (C=O) groups is 1. The van der Waals surface area contributed by atoms with Gasteiger partial charge in [0.15, 0.2) is 0 Å². The maximum Gasteiger partial charge on any atom is 0.258 e. The van der Waals surface area contributed by atoms with Gasteiger partial charge in [0, 0.05) is 24.6 Å². The third kappa shape index (κ3) is 2.98. The Morgan fingerprint density at radius 2 is 1.72 bits per heavy atom. The van der Waals surface area contributed by atoms with Crippen molar-refractivity contribution in [3.05, 3.63) is 95.3 Å². The average molecular weight is 329 g/mol. The van der Waals surface area contributed by atoms with Gasteiger partial charge in [-0.25, -0.2) is 0 Å². The predicted octanol–water partition coefficient (Wildman–Crippen LogP) is 4.16. The first-order chi connectivity index (χ1) is 12.2. The first kappa shape index (κ1) is 15.4. The maximum atomic E-state index is 13.1. The van der Waals surface area contributed by atoms with Gasteiger partial charge in [-0.3, -0.25) is 9.78 Å². The number of aryl methyl sites for hydroxylation is 1. The van der Waals surface area contributed by atoms with Crippen molar-refractivity contribution in [2.45, 2.75) is 19.6 Å². The summed E-state index contributed by atoms with van der Waals surface area (Å²) in [6, 6.07) is 19.9. The fraction of sp³-hybridized carbons (Fsp3) is 0.143. The minimum atomic E-state index is -0.216. The summed E-state index contributed by atoms with van der Waals surface area (Å²) in [6.07, 6.45) is 3.30. The van der Waals surface area contributed by atoms with E-state index < -0.39 is 0 Å². The highest BCUT2D eigenvalue weighted by atomic mass is 16.2. The van der Waals surface area contributed by atoms with Gasteiger partial charge in [0.25, 0.3) is 5.91 Å². The molecule has 4 rings (SSSR count). The molecule has 1 atom stereocenters. The van der Waals surface area contributed by atoms with Crippen LogP contribution in [-0.2, 0) is 6.54 Å². The van der Waals surface area contributed by atoms with Crippen LogP contribution in [0.25, 0.3) is 0 Å². The van der Waals surface area contributed by atoms with E-state index >= 15 is 0 Å². The molecule has 0 aliphatic carbocycles. The van der Waals surface area contributed by atoms with Crippen LogP contribution in [0.3, 0.4) is 0 Å². The van der Waals surface area contributed by atoms with Crippen molar-refractivity contribution in [3.63, 3.8) is 0 Å². The van der Waals surface area contributed by atoms with Gasteiger partial charge in [0.2, 0.25) is 0 Å². The van der Waals surface area contributed by atoms with Crippen LogP contribution >= 0.6 is 0 Å². The molecular formula is C21H19N3O. The van der Waals surface area contributed by atoms with Crippen molar-refractivity contribution < 1.29 is 4.79 Å². The molecular weight excluding hydrogens is 310 g/mol. The second-order valence-corrected chi connectivity index (χ2v) is 6.29. The van der Waals surface area contributed by atoms with Gasteiger partial charge in [-0.2, -0.15) is 0 Å². The molecule has 2 aromatic carbocycles. The van der Waals surface area contributed by atoms with Crippen molar-refractivity contribution in [2.75, 3.05) is 5.32 Å². The van der Waals surface area contributed by atoms with E-state index in [1.54, 1.807) is 12.4 Å². The number of pyridine rings is 1. The molecule has 4 nitrogen and oxygen atoms in total. The Morgan fingerprint density at radius 3 is 2.48 bits per heavy atom. The average Bonchev–Trinajstić information content (AvgIpc) is 2.66. The maximum absolute atomic E-state index is 13.1. The van der Waals surface area contributed by atoms with Gasteiger partial charge in [-0.15, -0.1) is 0 Å². The standard InChI is InChI=1S/C21H19N3O/c1-15-6-8-16(9-7-15)14-24-20(17-10-12-22-13-11-17)23-19-5-3-2-4-18(19)21(24)25/h2-13,20,23H,14H2,1H3/t20-/m1/s1. The van der Waals surface area contributed by atoms with Gasteiger partial charge in [0.1, 0.15) is 6.17 Å². The third-order valence-electron chi connectivity index (χ3n) is 4.52. The number of hydrogen-bond donors (Lipinski definition) is 1. The number of nitrogens with one attached hydrogen (secondary N) is 1. The summed E-state index contributed by atoms with van der Waals surface area (Å²) >= 11 is 0. The molecule has 0 bridgehead atoms. The van der Waals surface area contributed by atoms with E-state index in [1.165, 1.54) is 5.56 Å². The van der Waals surface area contributed by atoms with E-state index in [4.69, 9.17) is 0 Å². The largest absolute Gasteiger partial charge is 0.361 e. The van der Waals surface area contributed by atoms with E-state index in [0.29, 0.717) is 12.1 Å². The van der Waals surface area contributed by atoms with Crippen molar-refractivity contribution in [1.82, 2.24) is 9.88 Å². The van der Waals surface area contributed by atoms with Gasteiger partial charge >= 0.3 is 0 Å². The fourth-order valence-electron chi connectivity index (χ4n) is 3.15. The van der Waals surface area contributed by atoms with Crippen LogP contribution in [0.5, 0.6) is 0 Å². The smallest absolute Gasteiger partial charge is 0.258 e. The highest BCUT2D eigenvalue weighted by molar-refractivity contribution is 6.01. The SMILES string of the molecule is Cc1ccc(CN2C(=O)c3ccccc3N[C@H]2c2ccncc2)cc1. The summed E-state index contributed by atoms with van der Waals surface area (Å²) in [4.78, 5) is 19.1. The van der Waals surface area contributed by atoms with Crippen LogP contribution in [0.1, 0.15) is 33.2 Å². The molecule has 0 radical (unpaired) electrons. The quantitative estimate of drug-likeness (QED) is 0.785. The van der Waals surface area contributed by atoms with Crippen LogP contribution in [-0.4, -0.2) is 15.8 Å². The number of anilines is 1. The molecule has 25 heavy (non-hydrogen) atoms. The topological polar surface area (TPSA) is 45.2 Å². The Hall–Kier alpha value is -3.14. The Balaban J connectivity index is 1.74. The zero-order chi connectivity index (χ0) is 17.2. The lowest BCUT2D eigenvalue weighted by molar-refractivity contribution is 0.0666. The summed E-state index contributed by atoms with van der Waals surface area (Å²) < 4.78 is 0. The number of amides is 1. The number of hydrogen-bond acceptors (Lipinski definition) is 3. The predicted molar refractivity (Wildman–Crippen MR) is 98.1 cm³/mol. The van der Waals surface area contributed by atoms with Crippen LogP contribution in [0, 0.1) is 6.92 Å². The molecule has 0 fully saturated rings. The lowest BCUT2D eigenvalue weighted by Crippen LogP contribution is -2.42. The minimum Gasteiger partial charge on any atom is -0.361 e. The lowest BCUT2D eigenvalue weighted by Gasteiger charge is -2.38. The Bertz CT molecular complexity index is 891. The molecule has 124 valence electrons. The Kier molecular flexibility index (Phi) is 3.94. The van der Waals surface area contributed by atoms with Gasteiger partial charge in [-0.05, 0) is 42.3 Å². The number of rotatable bonds is 3. The molecule has 2 heterocycles. The minimum absolute atomic E-state index is 0.0386. The van der Waals surface area contributed by atoms with E-state index in [2.05, 4.69) is 41.5 Å². The number of carbonyl (C=O) groups excluding carboxylic acids is 1. The van der Waals surface area contributed by atoms with Crippen LogP contribution in [0.2, 0.25) is 0 Å². The molecule has 0 saturated carbocycles. The molecule has 1 N–H and O–H groups in total.